The van der Waals surface area contributed by atoms with Gasteiger partial charge in [-0.15, -0.1) is 0 Å². The first kappa shape index (κ1) is 13.7. The first-order valence-corrected chi connectivity index (χ1v) is 7.41. The Hall–Kier alpha value is -2.27. The Morgan fingerprint density at radius 3 is 2.33 bits per heavy atom. The lowest BCUT2D eigenvalue weighted by atomic mass is 10.1. The lowest BCUT2D eigenvalue weighted by molar-refractivity contribution is 0.578. The van der Waals surface area contributed by atoms with Crippen LogP contribution in [-0.4, -0.2) is 18.1 Å². The highest BCUT2D eigenvalue weighted by molar-refractivity contribution is 5.61. The van der Waals surface area contributed by atoms with Gasteiger partial charge in [-0.3, -0.25) is 0 Å². The van der Waals surface area contributed by atoms with Crippen LogP contribution in [0.4, 0.5) is 23.0 Å². The second-order valence-electron chi connectivity index (χ2n) is 5.27. The number of benzene rings is 1. The van der Waals surface area contributed by atoms with E-state index in [2.05, 4.69) is 44.9 Å². The van der Waals surface area contributed by atoms with Crippen molar-refractivity contribution in [1.82, 2.24) is 4.98 Å². The third-order valence-corrected chi connectivity index (χ3v) is 3.76. The highest BCUT2D eigenvalue weighted by Gasteiger charge is 2.10. The summed E-state index contributed by atoms with van der Waals surface area (Å²) in [5, 5.41) is 3.28. The first-order chi connectivity index (χ1) is 10.3. The molecule has 0 amide bonds. The number of nitrogens with one attached hydrogen (secondary N) is 2. The average Bonchev–Trinajstić information content (AvgIpc) is 2.56. The zero-order valence-corrected chi connectivity index (χ0v) is 12.0. The van der Waals surface area contributed by atoms with Crippen molar-refractivity contribution in [3.8, 4) is 0 Å². The summed E-state index contributed by atoms with van der Waals surface area (Å²) in [4.78, 5) is 6.79. The van der Waals surface area contributed by atoms with Crippen LogP contribution in [0, 0.1) is 0 Å². The summed E-state index contributed by atoms with van der Waals surface area (Å²) in [7, 11) is 0. The Kier molecular flexibility index (Phi) is 4.21. The minimum atomic E-state index is 0.643. The SMILES string of the molecule is NNc1cccc(Nc2ccc(N3CCCCC3)cc2)n1. The van der Waals surface area contributed by atoms with Crippen molar-refractivity contribution in [2.24, 2.45) is 5.84 Å². The van der Waals surface area contributed by atoms with E-state index in [1.807, 2.05) is 18.2 Å². The number of piperidine rings is 1. The Morgan fingerprint density at radius 2 is 1.62 bits per heavy atom. The molecule has 0 spiro atoms. The van der Waals surface area contributed by atoms with Crippen LogP contribution in [0.3, 0.4) is 0 Å². The number of nitrogens with two attached hydrogens (primary N) is 1. The first-order valence-electron chi connectivity index (χ1n) is 7.41. The van der Waals surface area contributed by atoms with Gasteiger partial charge in [-0.25, -0.2) is 10.8 Å². The molecule has 0 bridgehead atoms. The van der Waals surface area contributed by atoms with Gasteiger partial charge >= 0.3 is 0 Å². The quantitative estimate of drug-likeness (QED) is 0.594. The molecule has 1 aliphatic heterocycles. The second-order valence-corrected chi connectivity index (χ2v) is 5.27. The maximum Gasteiger partial charge on any atom is 0.142 e. The minimum Gasteiger partial charge on any atom is -0.372 e. The smallest absolute Gasteiger partial charge is 0.142 e. The van der Waals surface area contributed by atoms with Crippen molar-refractivity contribution in [2.45, 2.75) is 19.3 Å². The molecule has 2 heterocycles. The molecule has 4 N–H and O–H groups in total. The number of hydrogen-bond donors (Lipinski definition) is 3. The molecule has 0 aliphatic carbocycles. The molecule has 1 fully saturated rings. The van der Waals surface area contributed by atoms with E-state index in [-0.39, 0.29) is 0 Å². The molecule has 1 aromatic carbocycles. The molecule has 5 heteroatoms. The molecule has 0 atom stereocenters. The number of anilines is 4. The van der Waals surface area contributed by atoms with Crippen LogP contribution in [0.1, 0.15) is 19.3 Å². The topological polar surface area (TPSA) is 66.2 Å². The third kappa shape index (κ3) is 3.44. The van der Waals surface area contributed by atoms with Gasteiger partial charge in [0.2, 0.25) is 0 Å². The molecule has 2 aromatic rings. The van der Waals surface area contributed by atoms with Gasteiger partial charge in [0.25, 0.3) is 0 Å². The van der Waals surface area contributed by atoms with Crippen LogP contribution in [0.15, 0.2) is 42.5 Å². The number of nitrogen functional groups attached to an aromatic ring is 1. The number of nitrogens with zero attached hydrogens (tertiary/aromatic N) is 2. The maximum absolute atomic E-state index is 5.37. The van der Waals surface area contributed by atoms with Crippen molar-refractivity contribution in [2.75, 3.05) is 28.7 Å². The zero-order valence-electron chi connectivity index (χ0n) is 12.0. The van der Waals surface area contributed by atoms with Crippen molar-refractivity contribution >= 4 is 23.0 Å². The molecule has 0 radical (unpaired) electrons. The van der Waals surface area contributed by atoms with E-state index in [1.54, 1.807) is 0 Å². The fourth-order valence-corrected chi connectivity index (χ4v) is 2.64. The van der Waals surface area contributed by atoms with E-state index in [0.717, 1.165) is 11.5 Å². The molecular weight excluding hydrogens is 262 g/mol. The molecule has 21 heavy (non-hydrogen) atoms. The molecular formula is C16H21N5. The van der Waals surface area contributed by atoms with Gasteiger partial charge in [-0.1, -0.05) is 6.07 Å². The van der Waals surface area contributed by atoms with Gasteiger partial charge in [0.15, 0.2) is 0 Å². The van der Waals surface area contributed by atoms with Gasteiger partial charge in [-0.05, 0) is 55.7 Å². The summed E-state index contributed by atoms with van der Waals surface area (Å²) in [6, 6.07) is 14.2. The van der Waals surface area contributed by atoms with E-state index in [1.165, 1.54) is 38.0 Å². The molecule has 1 aromatic heterocycles. The molecule has 110 valence electrons. The van der Waals surface area contributed by atoms with E-state index in [0.29, 0.717) is 5.82 Å². The summed E-state index contributed by atoms with van der Waals surface area (Å²) in [5.74, 6) is 6.79. The van der Waals surface area contributed by atoms with Crippen molar-refractivity contribution in [3.63, 3.8) is 0 Å². The van der Waals surface area contributed by atoms with E-state index < -0.39 is 0 Å². The van der Waals surface area contributed by atoms with E-state index in [9.17, 15) is 0 Å². The summed E-state index contributed by atoms with van der Waals surface area (Å²) in [5.41, 5.74) is 4.87. The number of rotatable bonds is 4. The highest BCUT2D eigenvalue weighted by atomic mass is 15.3. The normalized spacial score (nSPS) is 14.8. The number of pyridine rings is 1. The molecule has 5 nitrogen and oxygen atoms in total. The Labute approximate surface area is 125 Å². The fourth-order valence-electron chi connectivity index (χ4n) is 2.64. The van der Waals surface area contributed by atoms with Crippen LogP contribution in [0.2, 0.25) is 0 Å². The van der Waals surface area contributed by atoms with Crippen LogP contribution >= 0.6 is 0 Å². The maximum atomic E-state index is 5.37. The number of hydrogen-bond acceptors (Lipinski definition) is 5. The summed E-state index contributed by atoms with van der Waals surface area (Å²) in [6.45, 7) is 2.33. The van der Waals surface area contributed by atoms with Crippen LogP contribution in [0.5, 0.6) is 0 Å². The standard InChI is InChI=1S/C16H21N5/c17-20-16-6-4-5-15(19-16)18-13-7-9-14(10-8-13)21-11-2-1-3-12-21/h4-10H,1-3,11-12,17H2,(H2,18,19,20). The predicted octanol–water partition coefficient (Wildman–Crippen LogP) is 3.10. The Bertz CT molecular complexity index is 575. The molecule has 3 rings (SSSR count). The third-order valence-electron chi connectivity index (χ3n) is 3.76. The molecule has 0 saturated carbocycles. The van der Waals surface area contributed by atoms with Gasteiger partial charge in [0.05, 0.1) is 0 Å². The van der Waals surface area contributed by atoms with Crippen LogP contribution < -0.4 is 21.5 Å². The monoisotopic (exact) mass is 283 g/mol. The van der Waals surface area contributed by atoms with Gasteiger partial charge < -0.3 is 15.6 Å². The summed E-state index contributed by atoms with van der Waals surface area (Å²) < 4.78 is 0. The molecule has 0 unspecified atom stereocenters. The predicted molar refractivity (Wildman–Crippen MR) is 87.8 cm³/mol. The molecule has 1 saturated heterocycles. The van der Waals surface area contributed by atoms with Crippen LogP contribution in [-0.2, 0) is 0 Å². The van der Waals surface area contributed by atoms with Gasteiger partial charge in [0.1, 0.15) is 11.6 Å². The average molecular weight is 283 g/mol. The zero-order chi connectivity index (χ0) is 14.5. The fraction of sp³-hybridized carbons (Fsp3) is 0.312. The van der Waals surface area contributed by atoms with E-state index >= 15 is 0 Å². The van der Waals surface area contributed by atoms with Crippen molar-refractivity contribution in [3.05, 3.63) is 42.5 Å². The lowest BCUT2D eigenvalue weighted by Crippen LogP contribution is -2.29. The lowest BCUT2D eigenvalue weighted by Gasteiger charge is -2.28. The second kappa shape index (κ2) is 6.45. The van der Waals surface area contributed by atoms with Crippen molar-refractivity contribution < 1.29 is 0 Å². The number of aromatic nitrogens is 1. The summed E-state index contributed by atoms with van der Waals surface area (Å²) >= 11 is 0. The number of hydrazine groups is 1. The Balaban J connectivity index is 1.68. The Morgan fingerprint density at radius 1 is 0.905 bits per heavy atom. The van der Waals surface area contributed by atoms with Crippen molar-refractivity contribution in [1.29, 1.82) is 0 Å². The summed E-state index contributed by atoms with van der Waals surface area (Å²) in [6.07, 6.45) is 3.94. The van der Waals surface area contributed by atoms with E-state index in [4.69, 9.17) is 5.84 Å². The largest absolute Gasteiger partial charge is 0.372 e. The van der Waals surface area contributed by atoms with Gasteiger partial charge in [-0.2, -0.15) is 0 Å². The highest BCUT2D eigenvalue weighted by Crippen LogP contribution is 2.23. The minimum absolute atomic E-state index is 0.643. The van der Waals surface area contributed by atoms with Gasteiger partial charge in [0, 0.05) is 24.5 Å². The molecule has 1 aliphatic rings. The van der Waals surface area contributed by atoms with Crippen LogP contribution in [0.25, 0.3) is 0 Å².